The van der Waals surface area contributed by atoms with Gasteiger partial charge in [0.25, 0.3) is 0 Å². The molecule has 0 heterocycles. The first kappa shape index (κ1) is 18.7. The summed E-state index contributed by atoms with van der Waals surface area (Å²) in [6, 6.07) is 0. The van der Waals surface area contributed by atoms with Crippen LogP contribution < -0.4 is 0 Å². The van der Waals surface area contributed by atoms with Crippen LogP contribution in [0.15, 0.2) is 0 Å². The number of esters is 1. The highest BCUT2D eigenvalue weighted by Gasteiger charge is 2.67. The van der Waals surface area contributed by atoms with Gasteiger partial charge in [0.05, 0.1) is 11.0 Å². The van der Waals surface area contributed by atoms with Gasteiger partial charge in [0.15, 0.2) is 0 Å². The highest BCUT2D eigenvalue weighted by Crippen LogP contribution is 2.67. The normalized spacial score (nSPS) is 53.4. The van der Waals surface area contributed by atoms with E-state index in [1.165, 1.54) is 6.92 Å². The van der Waals surface area contributed by atoms with Gasteiger partial charge in [-0.25, -0.2) is 0 Å². The molecule has 26 heavy (non-hydrogen) atoms. The average molecular weight is 383 g/mol. The van der Waals surface area contributed by atoms with E-state index in [1.54, 1.807) is 0 Å². The molecule has 0 unspecified atom stereocenters. The molecule has 0 aromatic carbocycles. The Morgan fingerprint density at radius 2 is 1.92 bits per heavy atom. The third kappa shape index (κ3) is 2.37. The fraction of sp³-hybridized carbons (Fsp3) is 0.905. The van der Waals surface area contributed by atoms with Crippen molar-refractivity contribution in [2.45, 2.75) is 89.2 Å². The van der Waals surface area contributed by atoms with Gasteiger partial charge in [-0.3, -0.25) is 9.59 Å². The van der Waals surface area contributed by atoms with Crippen molar-refractivity contribution in [2.75, 3.05) is 0 Å². The van der Waals surface area contributed by atoms with Crippen molar-refractivity contribution >= 4 is 23.4 Å². The van der Waals surface area contributed by atoms with Crippen molar-refractivity contribution in [1.29, 1.82) is 0 Å². The van der Waals surface area contributed by atoms with Gasteiger partial charge in [0.2, 0.25) is 0 Å². The summed E-state index contributed by atoms with van der Waals surface area (Å²) in [4.78, 5) is 23.9. The van der Waals surface area contributed by atoms with Gasteiger partial charge >= 0.3 is 5.97 Å². The van der Waals surface area contributed by atoms with Crippen molar-refractivity contribution in [3.63, 3.8) is 0 Å². The standard InChI is InChI=1S/C21H31ClO4/c1-12(23)26-13-6-9-20(3)16-7-8-19(2)15(4-5-18(19)24)14(16)10-17(22)21(20,25)11-13/h13-17,25H,4-11H2,1-3H3/t13-,14-,15-,16-,17-,19+,20-,21+/m1/s1. The van der Waals surface area contributed by atoms with Gasteiger partial charge < -0.3 is 9.84 Å². The molecule has 4 nitrogen and oxygen atoms in total. The Kier molecular flexibility index (Phi) is 4.28. The lowest BCUT2D eigenvalue weighted by Gasteiger charge is -2.64. The Labute approximate surface area is 161 Å². The number of alkyl halides is 1. The van der Waals surface area contributed by atoms with E-state index in [0.717, 1.165) is 38.5 Å². The third-order valence-electron chi connectivity index (χ3n) is 8.81. The minimum absolute atomic E-state index is 0.182. The molecule has 0 aromatic rings. The lowest BCUT2D eigenvalue weighted by Crippen LogP contribution is -2.67. The fourth-order valence-electron chi connectivity index (χ4n) is 7.30. The molecular weight excluding hydrogens is 352 g/mol. The molecule has 4 rings (SSSR count). The Balaban J connectivity index is 1.65. The van der Waals surface area contributed by atoms with Crippen LogP contribution in [0, 0.1) is 28.6 Å². The van der Waals surface area contributed by atoms with Gasteiger partial charge in [-0.15, -0.1) is 11.6 Å². The van der Waals surface area contributed by atoms with E-state index in [-0.39, 0.29) is 28.3 Å². The van der Waals surface area contributed by atoms with Crippen LogP contribution in [0.5, 0.6) is 0 Å². The van der Waals surface area contributed by atoms with E-state index in [1.807, 2.05) is 0 Å². The Hall–Kier alpha value is -0.610. The lowest BCUT2D eigenvalue weighted by atomic mass is 9.43. The zero-order valence-corrected chi connectivity index (χ0v) is 16.8. The van der Waals surface area contributed by atoms with E-state index in [9.17, 15) is 14.7 Å². The van der Waals surface area contributed by atoms with Crippen molar-refractivity contribution in [2.24, 2.45) is 28.6 Å². The molecule has 0 aromatic heterocycles. The number of halogens is 1. The van der Waals surface area contributed by atoms with E-state index in [0.29, 0.717) is 36.4 Å². The molecule has 0 amide bonds. The maximum Gasteiger partial charge on any atom is 0.302 e. The van der Waals surface area contributed by atoms with Crippen LogP contribution >= 0.6 is 11.6 Å². The van der Waals surface area contributed by atoms with Gasteiger partial charge in [-0.05, 0) is 56.3 Å². The number of Topliss-reactive ketones (excluding diaryl/α,β-unsaturated/α-hetero) is 1. The molecule has 1 N–H and O–H groups in total. The van der Waals surface area contributed by atoms with Crippen molar-refractivity contribution < 1.29 is 19.4 Å². The minimum atomic E-state index is -1.01. The number of hydrogen-bond donors (Lipinski definition) is 1. The Morgan fingerprint density at radius 1 is 1.19 bits per heavy atom. The summed E-state index contributed by atoms with van der Waals surface area (Å²) < 4.78 is 5.43. The molecule has 4 aliphatic carbocycles. The van der Waals surface area contributed by atoms with Crippen LogP contribution in [0.25, 0.3) is 0 Å². The summed E-state index contributed by atoms with van der Waals surface area (Å²) in [6.45, 7) is 5.78. The predicted molar refractivity (Wildman–Crippen MR) is 98.8 cm³/mol. The van der Waals surface area contributed by atoms with E-state index in [2.05, 4.69) is 13.8 Å². The molecule has 0 saturated heterocycles. The number of fused-ring (bicyclic) bond motifs is 5. The summed E-state index contributed by atoms with van der Waals surface area (Å²) in [7, 11) is 0. The number of aliphatic hydroxyl groups is 1. The number of rotatable bonds is 1. The van der Waals surface area contributed by atoms with Gasteiger partial charge in [0.1, 0.15) is 11.9 Å². The Morgan fingerprint density at radius 3 is 2.62 bits per heavy atom. The van der Waals surface area contributed by atoms with Crippen LogP contribution in [0.1, 0.15) is 72.1 Å². The number of ketones is 1. The molecule has 0 aliphatic heterocycles. The molecule has 4 aliphatic rings. The SMILES string of the molecule is CC(=O)O[C@@H]1CC[C@]2(C)[C@@H]3CC[C@]4(C)C(=O)CC[C@@H]4[C@H]3C[C@@H](Cl)[C@@]2(O)C1. The first-order valence-corrected chi connectivity index (χ1v) is 10.6. The van der Waals surface area contributed by atoms with Gasteiger partial charge in [-0.2, -0.15) is 0 Å². The third-order valence-corrected chi connectivity index (χ3v) is 9.35. The van der Waals surface area contributed by atoms with Gasteiger partial charge in [-0.1, -0.05) is 13.8 Å². The zero-order valence-electron chi connectivity index (χ0n) is 16.1. The second-order valence-electron chi connectivity index (χ2n) is 9.81. The maximum absolute atomic E-state index is 12.5. The molecule has 8 atom stereocenters. The summed E-state index contributed by atoms with van der Waals surface area (Å²) in [5.41, 5.74) is -1.46. The summed E-state index contributed by atoms with van der Waals surface area (Å²) >= 11 is 6.84. The molecule has 5 heteroatoms. The topological polar surface area (TPSA) is 63.6 Å². The molecule has 0 bridgehead atoms. The van der Waals surface area contributed by atoms with Crippen LogP contribution in [-0.2, 0) is 14.3 Å². The van der Waals surface area contributed by atoms with E-state index in [4.69, 9.17) is 16.3 Å². The lowest BCUT2D eigenvalue weighted by molar-refractivity contribution is -0.219. The minimum Gasteiger partial charge on any atom is -0.462 e. The van der Waals surface area contributed by atoms with Crippen LogP contribution in [0.4, 0.5) is 0 Å². The molecule has 4 fully saturated rings. The van der Waals surface area contributed by atoms with Crippen LogP contribution in [0.3, 0.4) is 0 Å². The van der Waals surface area contributed by atoms with E-state index >= 15 is 0 Å². The number of hydrogen-bond acceptors (Lipinski definition) is 4. The highest BCUT2D eigenvalue weighted by atomic mass is 35.5. The summed E-state index contributed by atoms with van der Waals surface area (Å²) in [5.74, 6) is 1.35. The number of carbonyl (C=O) groups excluding carboxylic acids is 2. The second-order valence-corrected chi connectivity index (χ2v) is 10.3. The van der Waals surface area contributed by atoms with E-state index < -0.39 is 5.60 Å². The van der Waals surface area contributed by atoms with Crippen LogP contribution in [0.2, 0.25) is 0 Å². The molecule has 0 radical (unpaired) electrons. The van der Waals surface area contributed by atoms with Crippen molar-refractivity contribution in [3.8, 4) is 0 Å². The fourth-order valence-corrected chi connectivity index (χ4v) is 7.84. The van der Waals surface area contributed by atoms with Crippen molar-refractivity contribution in [1.82, 2.24) is 0 Å². The summed E-state index contributed by atoms with van der Waals surface area (Å²) in [5, 5.41) is 11.4. The first-order valence-electron chi connectivity index (χ1n) is 10.2. The zero-order chi connectivity index (χ0) is 18.9. The monoisotopic (exact) mass is 382 g/mol. The molecule has 146 valence electrons. The second kappa shape index (κ2) is 5.94. The van der Waals surface area contributed by atoms with Crippen LogP contribution in [-0.4, -0.2) is 33.9 Å². The highest BCUT2D eigenvalue weighted by molar-refractivity contribution is 6.21. The predicted octanol–water partition coefficient (Wildman–Crippen LogP) is 3.86. The summed E-state index contributed by atoms with van der Waals surface area (Å²) in [6.07, 6.45) is 6.16. The Bertz CT molecular complexity index is 636. The molecular formula is C21H31ClO4. The molecule has 4 saturated carbocycles. The number of ether oxygens (including phenoxy) is 1. The average Bonchev–Trinajstić information content (AvgIpc) is 2.86. The quantitative estimate of drug-likeness (QED) is 0.552. The van der Waals surface area contributed by atoms with Crippen molar-refractivity contribution in [3.05, 3.63) is 0 Å². The smallest absolute Gasteiger partial charge is 0.302 e. The largest absolute Gasteiger partial charge is 0.462 e. The first-order chi connectivity index (χ1) is 12.1. The van der Waals surface area contributed by atoms with Gasteiger partial charge in [0, 0.05) is 30.6 Å². The number of carbonyl (C=O) groups is 2. The maximum atomic E-state index is 12.5. The molecule has 0 spiro atoms.